The molecule has 1 rings (SSSR count). The number of carbonyl (C=O) groups excluding carboxylic acids is 2. The summed E-state index contributed by atoms with van der Waals surface area (Å²) in [6, 6.07) is 0. The minimum absolute atomic E-state index is 0.0896. The van der Waals surface area contributed by atoms with Crippen LogP contribution in [0.4, 0.5) is 0 Å². The predicted octanol–water partition coefficient (Wildman–Crippen LogP) is 0.466. The number of carbonyl (C=O) groups is 2. The number of nitrogens with zero attached hydrogens (tertiary/aromatic N) is 2. The third kappa shape index (κ3) is 3.82. The first kappa shape index (κ1) is 13.1. The first-order valence-corrected chi connectivity index (χ1v) is 5.32. The van der Waals surface area contributed by atoms with Crippen LogP contribution in [0.1, 0.15) is 30.0 Å². The van der Waals surface area contributed by atoms with E-state index >= 15 is 0 Å². The van der Waals surface area contributed by atoms with Gasteiger partial charge in [0.25, 0.3) is 5.91 Å². The Hall–Kier alpha value is -1.98. The molecule has 0 saturated heterocycles. The standard InChI is InChI=1S/C11H15N3O3/c1-4-12-10(15)8(3)17-11(16)9-6-13-7(2)5-14-9/h5-6,8H,4H2,1-3H3,(H,12,15)/t8-/m0/s1. The number of amides is 1. The number of rotatable bonds is 4. The predicted molar refractivity (Wildman–Crippen MR) is 60.3 cm³/mol. The number of ether oxygens (including phenoxy) is 1. The van der Waals surface area contributed by atoms with Crippen LogP contribution in [-0.4, -0.2) is 34.5 Å². The summed E-state index contributed by atoms with van der Waals surface area (Å²) in [6.45, 7) is 5.55. The fourth-order valence-electron chi connectivity index (χ4n) is 1.09. The van der Waals surface area contributed by atoms with Crippen molar-refractivity contribution in [2.24, 2.45) is 0 Å². The van der Waals surface area contributed by atoms with Gasteiger partial charge in [0.05, 0.1) is 11.9 Å². The van der Waals surface area contributed by atoms with Crippen LogP contribution in [0.2, 0.25) is 0 Å². The highest BCUT2D eigenvalue weighted by molar-refractivity contribution is 5.90. The van der Waals surface area contributed by atoms with Crippen molar-refractivity contribution in [3.63, 3.8) is 0 Å². The van der Waals surface area contributed by atoms with Gasteiger partial charge in [-0.25, -0.2) is 9.78 Å². The van der Waals surface area contributed by atoms with Crippen molar-refractivity contribution in [1.29, 1.82) is 0 Å². The van der Waals surface area contributed by atoms with Crippen molar-refractivity contribution in [1.82, 2.24) is 15.3 Å². The third-order valence-corrected chi connectivity index (χ3v) is 1.99. The molecule has 0 saturated carbocycles. The van der Waals surface area contributed by atoms with E-state index in [2.05, 4.69) is 15.3 Å². The van der Waals surface area contributed by atoms with E-state index in [1.54, 1.807) is 13.8 Å². The number of aryl methyl sites for hydroxylation is 1. The van der Waals surface area contributed by atoms with E-state index in [0.29, 0.717) is 12.2 Å². The number of nitrogens with one attached hydrogen (secondary N) is 1. The van der Waals surface area contributed by atoms with Crippen LogP contribution >= 0.6 is 0 Å². The Kier molecular flexibility index (Phi) is 4.56. The van der Waals surface area contributed by atoms with Crippen molar-refractivity contribution in [2.45, 2.75) is 26.9 Å². The Balaban J connectivity index is 2.60. The molecule has 1 heterocycles. The summed E-state index contributed by atoms with van der Waals surface area (Å²) in [5.74, 6) is -0.989. The van der Waals surface area contributed by atoms with Crippen molar-refractivity contribution in [3.05, 3.63) is 23.8 Å². The molecule has 0 spiro atoms. The molecule has 1 aromatic heterocycles. The van der Waals surface area contributed by atoms with Crippen LogP contribution in [0.3, 0.4) is 0 Å². The molecule has 0 fully saturated rings. The molecular weight excluding hydrogens is 222 g/mol. The molecule has 0 bridgehead atoms. The molecular formula is C11H15N3O3. The summed E-state index contributed by atoms with van der Waals surface area (Å²) in [7, 11) is 0. The second-order valence-corrected chi connectivity index (χ2v) is 3.49. The minimum atomic E-state index is -0.842. The fraction of sp³-hybridized carbons (Fsp3) is 0.455. The largest absolute Gasteiger partial charge is 0.448 e. The Morgan fingerprint density at radius 1 is 1.41 bits per heavy atom. The van der Waals surface area contributed by atoms with Gasteiger partial charge in [-0.1, -0.05) is 0 Å². The lowest BCUT2D eigenvalue weighted by Gasteiger charge is -2.11. The van der Waals surface area contributed by atoms with E-state index in [0.717, 1.165) is 0 Å². The lowest BCUT2D eigenvalue weighted by molar-refractivity contribution is -0.128. The van der Waals surface area contributed by atoms with Crippen LogP contribution in [0.5, 0.6) is 0 Å². The molecule has 1 N–H and O–H groups in total. The second kappa shape index (κ2) is 5.93. The molecule has 1 amide bonds. The summed E-state index contributed by atoms with van der Waals surface area (Å²) >= 11 is 0. The summed E-state index contributed by atoms with van der Waals surface area (Å²) < 4.78 is 4.94. The van der Waals surface area contributed by atoms with Gasteiger partial charge in [-0.05, 0) is 20.8 Å². The molecule has 6 heteroatoms. The Labute approximate surface area is 99.4 Å². The maximum atomic E-state index is 11.6. The van der Waals surface area contributed by atoms with Crippen molar-refractivity contribution >= 4 is 11.9 Å². The maximum Gasteiger partial charge on any atom is 0.359 e. The number of hydrogen-bond acceptors (Lipinski definition) is 5. The molecule has 0 aliphatic rings. The van der Waals surface area contributed by atoms with Gasteiger partial charge in [-0.3, -0.25) is 9.78 Å². The zero-order valence-electron chi connectivity index (χ0n) is 10.1. The smallest absolute Gasteiger partial charge is 0.359 e. The highest BCUT2D eigenvalue weighted by Crippen LogP contribution is 2.00. The van der Waals surface area contributed by atoms with Gasteiger partial charge in [0.15, 0.2) is 11.8 Å². The van der Waals surface area contributed by atoms with Gasteiger partial charge in [-0.2, -0.15) is 0 Å². The van der Waals surface area contributed by atoms with Crippen LogP contribution in [0, 0.1) is 6.92 Å². The second-order valence-electron chi connectivity index (χ2n) is 3.49. The monoisotopic (exact) mass is 237 g/mol. The lowest BCUT2D eigenvalue weighted by Crippen LogP contribution is -2.35. The highest BCUT2D eigenvalue weighted by Gasteiger charge is 2.18. The van der Waals surface area contributed by atoms with E-state index < -0.39 is 12.1 Å². The average Bonchev–Trinajstić information content (AvgIpc) is 2.30. The Bertz CT molecular complexity index is 403. The summed E-state index contributed by atoms with van der Waals surface area (Å²) in [5, 5.41) is 2.56. The van der Waals surface area contributed by atoms with Crippen molar-refractivity contribution in [2.75, 3.05) is 6.54 Å². The topological polar surface area (TPSA) is 81.2 Å². The average molecular weight is 237 g/mol. The molecule has 6 nitrogen and oxygen atoms in total. The van der Waals surface area contributed by atoms with Gasteiger partial charge in [-0.15, -0.1) is 0 Å². The lowest BCUT2D eigenvalue weighted by atomic mass is 10.3. The summed E-state index contributed by atoms with van der Waals surface area (Å²) in [6.07, 6.45) is 1.95. The van der Waals surface area contributed by atoms with Gasteiger partial charge >= 0.3 is 5.97 Å². The van der Waals surface area contributed by atoms with Crippen LogP contribution in [0.15, 0.2) is 12.4 Å². The molecule has 17 heavy (non-hydrogen) atoms. The minimum Gasteiger partial charge on any atom is -0.448 e. The third-order valence-electron chi connectivity index (χ3n) is 1.99. The van der Waals surface area contributed by atoms with E-state index in [1.807, 2.05) is 0 Å². The molecule has 0 aliphatic heterocycles. The van der Waals surface area contributed by atoms with E-state index in [1.165, 1.54) is 19.3 Å². The van der Waals surface area contributed by atoms with Gasteiger partial charge in [0.1, 0.15) is 0 Å². The SMILES string of the molecule is CCNC(=O)[C@H](C)OC(=O)c1cnc(C)cn1. The quantitative estimate of drug-likeness (QED) is 0.770. The van der Waals surface area contributed by atoms with Crippen LogP contribution in [0.25, 0.3) is 0 Å². The zero-order chi connectivity index (χ0) is 12.8. The van der Waals surface area contributed by atoms with E-state index in [9.17, 15) is 9.59 Å². The maximum absolute atomic E-state index is 11.6. The molecule has 1 atom stereocenters. The number of aromatic nitrogens is 2. The first-order valence-electron chi connectivity index (χ1n) is 5.32. The van der Waals surface area contributed by atoms with Gasteiger partial charge in [0.2, 0.25) is 0 Å². The van der Waals surface area contributed by atoms with Crippen molar-refractivity contribution in [3.8, 4) is 0 Å². The summed E-state index contributed by atoms with van der Waals surface area (Å²) in [5.41, 5.74) is 0.796. The Morgan fingerprint density at radius 3 is 2.65 bits per heavy atom. The van der Waals surface area contributed by atoms with Gasteiger partial charge in [0, 0.05) is 12.7 Å². The fourth-order valence-corrected chi connectivity index (χ4v) is 1.09. The highest BCUT2D eigenvalue weighted by atomic mass is 16.5. The molecule has 0 unspecified atom stereocenters. The molecule has 0 aliphatic carbocycles. The normalized spacial score (nSPS) is 11.7. The number of hydrogen-bond donors (Lipinski definition) is 1. The molecule has 0 aromatic carbocycles. The molecule has 1 aromatic rings. The van der Waals surface area contributed by atoms with Crippen LogP contribution < -0.4 is 5.32 Å². The van der Waals surface area contributed by atoms with Crippen molar-refractivity contribution < 1.29 is 14.3 Å². The first-order chi connectivity index (χ1) is 8.04. The summed E-state index contributed by atoms with van der Waals surface area (Å²) in [4.78, 5) is 30.7. The van der Waals surface area contributed by atoms with E-state index in [4.69, 9.17) is 4.74 Å². The van der Waals surface area contributed by atoms with Crippen LogP contribution in [-0.2, 0) is 9.53 Å². The Morgan fingerprint density at radius 2 is 2.12 bits per heavy atom. The molecule has 0 radical (unpaired) electrons. The zero-order valence-corrected chi connectivity index (χ0v) is 10.1. The number of likely N-dealkylation sites (N-methyl/N-ethyl adjacent to an activating group) is 1. The molecule has 92 valence electrons. The van der Waals surface area contributed by atoms with E-state index in [-0.39, 0.29) is 11.6 Å². The number of esters is 1. The van der Waals surface area contributed by atoms with Gasteiger partial charge < -0.3 is 10.1 Å².